The van der Waals surface area contributed by atoms with E-state index in [4.69, 9.17) is 4.74 Å². The highest BCUT2D eigenvalue weighted by Gasteiger charge is 2.29. The van der Waals surface area contributed by atoms with E-state index >= 15 is 0 Å². The molecule has 8 heteroatoms. The van der Waals surface area contributed by atoms with Crippen molar-refractivity contribution >= 4 is 23.5 Å². The number of carbonyl (C=O) groups excluding carboxylic acids is 3. The molecule has 0 bridgehead atoms. The van der Waals surface area contributed by atoms with Gasteiger partial charge in [-0.1, -0.05) is 32.0 Å². The van der Waals surface area contributed by atoms with Crippen LogP contribution in [0, 0.1) is 24.5 Å². The molecule has 0 heterocycles. The predicted octanol–water partition coefficient (Wildman–Crippen LogP) is 3.60. The molecule has 0 unspecified atom stereocenters. The minimum absolute atomic E-state index is 0.318. The summed E-state index contributed by atoms with van der Waals surface area (Å²) >= 11 is 0. The van der Waals surface area contributed by atoms with Crippen LogP contribution < -0.4 is 10.6 Å². The van der Waals surface area contributed by atoms with Crippen LogP contribution in [0.2, 0.25) is 0 Å². The van der Waals surface area contributed by atoms with E-state index in [1.54, 1.807) is 45.0 Å². The number of hydrogen-bond acceptors (Lipinski definition) is 4. The van der Waals surface area contributed by atoms with E-state index < -0.39 is 41.6 Å². The van der Waals surface area contributed by atoms with Gasteiger partial charge in [-0.3, -0.25) is 9.59 Å². The molecule has 0 aliphatic carbocycles. The zero-order valence-corrected chi connectivity index (χ0v) is 17.2. The number of nitrogens with one attached hydrogen (secondary N) is 2. The summed E-state index contributed by atoms with van der Waals surface area (Å²) < 4.78 is 32.1. The third-order valence-corrected chi connectivity index (χ3v) is 4.45. The average molecular weight is 418 g/mol. The Balaban J connectivity index is 2.05. The van der Waals surface area contributed by atoms with E-state index in [1.807, 2.05) is 0 Å². The molecule has 2 aromatic rings. The molecule has 0 aliphatic rings. The first-order chi connectivity index (χ1) is 14.1. The standard InChI is InChI=1S/C22H24F2N2O4/c1-12(2)19(26-21(28)16-8-6-5-7-13(16)3)22(29)30-14(4)20(27)25-18-11-15(23)9-10-17(18)24/h5-12,14,19H,1-4H3,(H,25,27)(H,26,28)/t14-,19+/m1/s1. The number of halogens is 2. The molecule has 0 aromatic heterocycles. The van der Waals surface area contributed by atoms with Gasteiger partial charge in [-0.25, -0.2) is 13.6 Å². The van der Waals surface area contributed by atoms with E-state index in [9.17, 15) is 23.2 Å². The first-order valence-electron chi connectivity index (χ1n) is 9.43. The summed E-state index contributed by atoms with van der Waals surface area (Å²) in [6.07, 6.45) is -1.29. The van der Waals surface area contributed by atoms with Crippen LogP contribution in [-0.4, -0.2) is 29.9 Å². The van der Waals surface area contributed by atoms with Crippen molar-refractivity contribution in [1.29, 1.82) is 0 Å². The van der Waals surface area contributed by atoms with Gasteiger partial charge in [0.2, 0.25) is 0 Å². The molecule has 0 aliphatic heterocycles. The van der Waals surface area contributed by atoms with Gasteiger partial charge in [0.15, 0.2) is 6.10 Å². The normalized spacial score (nSPS) is 12.8. The maximum atomic E-state index is 13.7. The number of amides is 2. The first-order valence-corrected chi connectivity index (χ1v) is 9.43. The number of ether oxygens (including phenoxy) is 1. The molecule has 0 fully saturated rings. The Bertz CT molecular complexity index is 946. The highest BCUT2D eigenvalue weighted by molar-refractivity contribution is 5.99. The minimum Gasteiger partial charge on any atom is -0.451 e. The molecular formula is C22H24F2N2O4. The van der Waals surface area contributed by atoms with Crippen molar-refractivity contribution in [2.45, 2.75) is 39.8 Å². The van der Waals surface area contributed by atoms with Gasteiger partial charge in [0, 0.05) is 11.6 Å². The summed E-state index contributed by atoms with van der Waals surface area (Å²) in [6, 6.07) is 8.52. The molecule has 0 radical (unpaired) electrons. The summed E-state index contributed by atoms with van der Waals surface area (Å²) in [5.41, 5.74) is 0.801. The monoisotopic (exact) mass is 418 g/mol. The fourth-order valence-electron chi connectivity index (χ4n) is 2.67. The van der Waals surface area contributed by atoms with E-state index in [1.165, 1.54) is 6.92 Å². The van der Waals surface area contributed by atoms with Gasteiger partial charge in [0.25, 0.3) is 11.8 Å². The number of benzene rings is 2. The lowest BCUT2D eigenvalue weighted by Gasteiger charge is -2.23. The number of carbonyl (C=O) groups is 3. The highest BCUT2D eigenvalue weighted by Crippen LogP contribution is 2.16. The summed E-state index contributed by atoms with van der Waals surface area (Å²) in [5.74, 6) is -3.96. The Hall–Kier alpha value is -3.29. The number of anilines is 1. The van der Waals surface area contributed by atoms with E-state index in [0.29, 0.717) is 5.56 Å². The van der Waals surface area contributed by atoms with E-state index in [-0.39, 0.29) is 11.6 Å². The molecule has 2 N–H and O–H groups in total. The maximum absolute atomic E-state index is 13.7. The third kappa shape index (κ3) is 5.85. The SMILES string of the molecule is Cc1ccccc1C(=O)N[C@H](C(=O)O[C@H](C)C(=O)Nc1cc(F)ccc1F)C(C)C. The molecule has 2 rings (SSSR count). The van der Waals surface area contributed by atoms with Crippen molar-refractivity contribution in [1.82, 2.24) is 5.32 Å². The summed E-state index contributed by atoms with van der Waals surface area (Å²) in [4.78, 5) is 37.3. The molecule has 30 heavy (non-hydrogen) atoms. The number of hydrogen-bond donors (Lipinski definition) is 2. The van der Waals surface area contributed by atoms with Gasteiger partial charge in [-0.2, -0.15) is 0 Å². The topological polar surface area (TPSA) is 84.5 Å². The van der Waals surface area contributed by atoms with E-state index in [0.717, 1.165) is 23.8 Å². The summed E-state index contributed by atoms with van der Waals surface area (Å²) in [5, 5.41) is 4.81. The van der Waals surface area contributed by atoms with Gasteiger partial charge >= 0.3 is 5.97 Å². The molecule has 0 spiro atoms. The summed E-state index contributed by atoms with van der Waals surface area (Å²) in [7, 11) is 0. The van der Waals surface area contributed by atoms with Crippen LogP contribution in [0.4, 0.5) is 14.5 Å². The lowest BCUT2D eigenvalue weighted by atomic mass is 10.0. The van der Waals surface area contributed by atoms with Crippen molar-refractivity contribution in [2.24, 2.45) is 5.92 Å². The zero-order valence-electron chi connectivity index (χ0n) is 17.2. The lowest BCUT2D eigenvalue weighted by Crippen LogP contribution is -2.47. The van der Waals surface area contributed by atoms with Crippen LogP contribution >= 0.6 is 0 Å². The molecule has 160 valence electrons. The van der Waals surface area contributed by atoms with Gasteiger partial charge in [-0.05, 0) is 43.5 Å². The third-order valence-electron chi connectivity index (χ3n) is 4.45. The average Bonchev–Trinajstić information content (AvgIpc) is 2.68. The number of esters is 1. The first kappa shape index (κ1) is 23.0. The van der Waals surface area contributed by atoms with Crippen LogP contribution in [0.3, 0.4) is 0 Å². The molecule has 0 saturated carbocycles. The van der Waals surface area contributed by atoms with Crippen molar-refractivity contribution in [2.75, 3.05) is 5.32 Å². The van der Waals surface area contributed by atoms with Crippen LogP contribution in [0.25, 0.3) is 0 Å². The Morgan fingerprint density at radius 1 is 1.00 bits per heavy atom. The van der Waals surface area contributed by atoms with Gasteiger partial charge < -0.3 is 15.4 Å². The quantitative estimate of drug-likeness (QED) is 0.673. The second-order valence-electron chi connectivity index (χ2n) is 7.20. The van der Waals surface area contributed by atoms with Crippen molar-refractivity contribution < 1.29 is 27.9 Å². The van der Waals surface area contributed by atoms with Gasteiger partial charge in [0.05, 0.1) is 5.69 Å². The Morgan fingerprint density at radius 2 is 1.67 bits per heavy atom. The van der Waals surface area contributed by atoms with E-state index in [2.05, 4.69) is 10.6 Å². The van der Waals surface area contributed by atoms with Crippen LogP contribution in [0.1, 0.15) is 36.7 Å². The Kier molecular flexibility index (Phi) is 7.63. The number of rotatable bonds is 7. The molecule has 2 aromatic carbocycles. The molecule has 6 nitrogen and oxygen atoms in total. The Labute approximate surface area is 173 Å². The van der Waals surface area contributed by atoms with Crippen LogP contribution in [0.5, 0.6) is 0 Å². The predicted molar refractivity (Wildman–Crippen MR) is 108 cm³/mol. The van der Waals surface area contributed by atoms with Crippen LogP contribution in [0.15, 0.2) is 42.5 Å². The second kappa shape index (κ2) is 9.96. The second-order valence-corrected chi connectivity index (χ2v) is 7.20. The minimum atomic E-state index is -1.29. The molecule has 0 saturated heterocycles. The van der Waals surface area contributed by atoms with Gasteiger partial charge in [0.1, 0.15) is 17.7 Å². The Morgan fingerprint density at radius 3 is 2.30 bits per heavy atom. The molecule has 2 amide bonds. The summed E-state index contributed by atoms with van der Waals surface area (Å²) in [6.45, 7) is 6.51. The fourth-order valence-corrected chi connectivity index (χ4v) is 2.67. The fraction of sp³-hybridized carbons (Fsp3) is 0.318. The lowest BCUT2D eigenvalue weighted by molar-refractivity contribution is -0.156. The maximum Gasteiger partial charge on any atom is 0.329 e. The highest BCUT2D eigenvalue weighted by atomic mass is 19.1. The van der Waals surface area contributed by atoms with Gasteiger partial charge in [-0.15, -0.1) is 0 Å². The number of aryl methyl sites for hydroxylation is 1. The van der Waals surface area contributed by atoms with Crippen molar-refractivity contribution in [3.63, 3.8) is 0 Å². The molecule has 2 atom stereocenters. The molecular weight excluding hydrogens is 394 g/mol. The smallest absolute Gasteiger partial charge is 0.329 e. The van der Waals surface area contributed by atoms with Crippen LogP contribution in [-0.2, 0) is 14.3 Å². The zero-order chi connectivity index (χ0) is 22.4. The van der Waals surface area contributed by atoms with Crippen molar-refractivity contribution in [3.05, 3.63) is 65.2 Å². The largest absolute Gasteiger partial charge is 0.451 e. The van der Waals surface area contributed by atoms with Crippen molar-refractivity contribution in [3.8, 4) is 0 Å².